The molecule has 2 unspecified atom stereocenters. The Bertz CT molecular complexity index is 85.0. The van der Waals surface area contributed by atoms with Gasteiger partial charge in [-0.15, -0.1) is 0 Å². The van der Waals surface area contributed by atoms with Crippen LogP contribution in [-0.2, 0) is 4.74 Å². The second-order valence-electron chi connectivity index (χ2n) is 2.71. The van der Waals surface area contributed by atoms with E-state index in [1.807, 2.05) is 0 Å². The summed E-state index contributed by atoms with van der Waals surface area (Å²) < 4.78 is 5.40. The maximum atomic E-state index is 5.51. The Labute approximate surface area is 56.4 Å². The van der Waals surface area contributed by atoms with E-state index in [9.17, 15) is 0 Å². The third-order valence-corrected chi connectivity index (χ3v) is 2.07. The zero-order chi connectivity index (χ0) is 6.69. The third kappa shape index (κ3) is 1.66. The van der Waals surface area contributed by atoms with E-state index in [1.54, 1.807) is 0 Å². The van der Waals surface area contributed by atoms with Gasteiger partial charge in [-0.3, -0.25) is 0 Å². The predicted octanol–water partition coefficient (Wildman–Crippen LogP) is 0.760. The molecule has 0 saturated carbocycles. The molecule has 1 fully saturated rings. The van der Waals surface area contributed by atoms with Gasteiger partial charge < -0.3 is 10.5 Å². The van der Waals surface area contributed by atoms with E-state index in [1.165, 1.54) is 12.8 Å². The Morgan fingerprint density at radius 2 is 2.44 bits per heavy atom. The standard InChI is InChI=1S/C7H15NO/c1-6-7(5-8)3-2-4-9-6/h6-7H,2-5,8H2,1H3. The Hall–Kier alpha value is -0.0800. The van der Waals surface area contributed by atoms with Gasteiger partial charge in [0.1, 0.15) is 0 Å². The molecule has 54 valence electrons. The van der Waals surface area contributed by atoms with E-state index >= 15 is 0 Å². The lowest BCUT2D eigenvalue weighted by Crippen LogP contribution is -2.32. The molecule has 2 heteroatoms. The number of ether oxygens (including phenoxy) is 1. The molecular formula is C7H15NO. The van der Waals surface area contributed by atoms with Gasteiger partial charge >= 0.3 is 0 Å². The van der Waals surface area contributed by atoms with Crippen LogP contribution in [0.25, 0.3) is 0 Å². The molecule has 1 heterocycles. The second kappa shape index (κ2) is 3.18. The van der Waals surface area contributed by atoms with Crippen molar-refractivity contribution in [3.05, 3.63) is 0 Å². The Morgan fingerprint density at radius 3 is 2.89 bits per heavy atom. The average molecular weight is 129 g/mol. The van der Waals surface area contributed by atoms with Gasteiger partial charge in [0.15, 0.2) is 0 Å². The van der Waals surface area contributed by atoms with Crippen molar-refractivity contribution >= 4 is 0 Å². The maximum Gasteiger partial charge on any atom is 0.0587 e. The monoisotopic (exact) mass is 129 g/mol. The summed E-state index contributed by atoms with van der Waals surface area (Å²) in [6.07, 6.45) is 2.83. The lowest BCUT2D eigenvalue weighted by molar-refractivity contribution is -0.0111. The van der Waals surface area contributed by atoms with E-state index in [0.29, 0.717) is 12.0 Å². The first-order chi connectivity index (χ1) is 4.34. The highest BCUT2D eigenvalue weighted by Crippen LogP contribution is 2.18. The topological polar surface area (TPSA) is 35.2 Å². The Balaban J connectivity index is 2.30. The lowest BCUT2D eigenvalue weighted by Gasteiger charge is -2.27. The van der Waals surface area contributed by atoms with E-state index < -0.39 is 0 Å². The molecule has 0 spiro atoms. The van der Waals surface area contributed by atoms with E-state index in [0.717, 1.165) is 13.2 Å². The number of hydrogen-bond acceptors (Lipinski definition) is 2. The van der Waals surface area contributed by atoms with Crippen molar-refractivity contribution in [2.75, 3.05) is 13.2 Å². The summed E-state index contributed by atoms with van der Waals surface area (Å²) in [4.78, 5) is 0. The van der Waals surface area contributed by atoms with Crippen LogP contribution in [0.3, 0.4) is 0 Å². The maximum absolute atomic E-state index is 5.51. The van der Waals surface area contributed by atoms with Crippen LogP contribution in [-0.4, -0.2) is 19.3 Å². The largest absolute Gasteiger partial charge is 0.378 e. The Morgan fingerprint density at radius 1 is 1.67 bits per heavy atom. The minimum atomic E-state index is 0.392. The van der Waals surface area contributed by atoms with Gasteiger partial charge in [-0.1, -0.05) is 0 Å². The van der Waals surface area contributed by atoms with Crippen LogP contribution < -0.4 is 5.73 Å². The zero-order valence-electron chi connectivity index (χ0n) is 5.97. The molecular weight excluding hydrogens is 114 g/mol. The van der Waals surface area contributed by atoms with Crippen molar-refractivity contribution in [1.82, 2.24) is 0 Å². The second-order valence-corrected chi connectivity index (χ2v) is 2.71. The molecule has 0 aromatic rings. The van der Waals surface area contributed by atoms with Gasteiger partial charge in [0.05, 0.1) is 6.10 Å². The fourth-order valence-corrected chi connectivity index (χ4v) is 1.30. The van der Waals surface area contributed by atoms with E-state index in [2.05, 4.69) is 6.92 Å². The van der Waals surface area contributed by atoms with E-state index in [-0.39, 0.29) is 0 Å². The minimum Gasteiger partial charge on any atom is -0.378 e. The van der Waals surface area contributed by atoms with Crippen molar-refractivity contribution < 1.29 is 4.74 Å². The van der Waals surface area contributed by atoms with Crippen LogP contribution in [0.15, 0.2) is 0 Å². The normalized spacial score (nSPS) is 36.7. The van der Waals surface area contributed by atoms with Crippen molar-refractivity contribution in [1.29, 1.82) is 0 Å². The van der Waals surface area contributed by atoms with E-state index in [4.69, 9.17) is 10.5 Å². The summed E-state index contributed by atoms with van der Waals surface area (Å²) in [6, 6.07) is 0. The number of nitrogens with two attached hydrogens (primary N) is 1. The quantitative estimate of drug-likeness (QED) is 0.567. The van der Waals surface area contributed by atoms with Gasteiger partial charge in [-0.25, -0.2) is 0 Å². The molecule has 0 amide bonds. The number of rotatable bonds is 1. The van der Waals surface area contributed by atoms with Gasteiger partial charge in [-0.05, 0) is 32.2 Å². The summed E-state index contributed by atoms with van der Waals surface area (Å²) in [5.41, 5.74) is 5.51. The third-order valence-electron chi connectivity index (χ3n) is 2.07. The van der Waals surface area contributed by atoms with Crippen molar-refractivity contribution in [2.24, 2.45) is 11.7 Å². The summed E-state index contributed by atoms with van der Waals surface area (Å²) in [5.74, 6) is 0.610. The van der Waals surface area contributed by atoms with Crippen molar-refractivity contribution in [3.63, 3.8) is 0 Å². The highest BCUT2D eigenvalue weighted by atomic mass is 16.5. The fraction of sp³-hybridized carbons (Fsp3) is 1.00. The summed E-state index contributed by atoms with van der Waals surface area (Å²) >= 11 is 0. The summed E-state index contributed by atoms with van der Waals surface area (Å²) in [5, 5.41) is 0. The van der Waals surface area contributed by atoms with Crippen molar-refractivity contribution in [3.8, 4) is 0 Å². The number of hydrogen-bond donors (Lipinski definition) is 1. The van der Waals surface area contributed by atoms with Gasteiger partial charge in [0.25, 0.3) is 0 Å². The fourth-order valence-electron chi connectivity index (χ4n) is 1.30. The first-order valence-electron chi connectivity index (χ1n) is 3.66. The highest BCUT2D eigenvalue weighted by molar-refractivity contribution is 4.70. The first kappa shape index (κ1) is 7.03. The summed E-state index contributed by atoms with van der Waals surface area (Å²) in [7, 11) is 0. The Kier molecular flexibility index (Phi) is 2.49. The smallest absolute Gasteiger partial charge is 0.0587 e. The molecule has 9 heavy (non-hydrogen) atoms. The molecule has 1 saturated heterocycles. The van der Waals surface area contributed by atoms with Gasteiger partial charge in [0.2, 0.25) is 0 Å². The first-order valence-corrected chi connectivity index (χ1v) is 3.66. The molecule has 1 aliphatic heterocycles. The molecule has 2 nitrogen and oxygen atoms in total. The molecule has 0 aromatic heterocycles. The molecule has 0 aliphatic carbocycles. The average Bonchev–Trinajstić information content (AvgIpc) is 1.89. The SMILES string of the molecule is CC1OCCCC1CN. The molecule has 0 radical (unpaired) electrons. The van der Waals surface area contributed by atoms with Crippen LogP contribution in [0.2, 0.25) is 0 Å². The van der Waals surface area contributed by atoms with Crippen LogP contribution in [0.1, 0.15) is 19.8 Å². The highest BCUT2D eigenvalue weighted by Gasteiger charge is 2.19. The zero-order valence-corrected chi connectivity index (χ0v) is 5.97. The van der Waals surface area contributed by atoms with Crippen LogP contribution >= 0.6 is 0 Å². The van der Waals surface area contributed by atoms with Crippen molar-refractivity contribution in [2.45, 2.75) is 25.9 Å². The molecule has 2 atom stereocenters. The van der Waals surface area contributed by atoms with Gasteiger partial charge in [-0.2, -0.15) is 0 Å². The lowest BCUT2D eigenvalue weighted by atomic mass is 9.96. The molecule has 1 aliphatic rings. The van der Waals surface area contributed by atoms with Gasteiger partial charge in [0, 0.05) is 6.61 Å². The van der Waals surface area contributed by atoms with Crippen LogP contribution in [0.5, 0.6) is 0 Å². The van der Waals surface area contributed by atoms with Crippen LogP contribution in [0, 0.1) is 5.92 Å². The summed E-state index contributed by atoms with van der Waals surface area (Å²) in [6.45, 7) is 3.81. The predicted molar refractivity (Wildman–Crippen MR) is 37.2 cm³/mol. The minimum absolute atomic E-state index is 0.392. The molecule has 0 aromatic carbocycles. The van der Waals surface area contributed by atoms with Crippen LogP contribution in [0.4, 0.5) is 0 Å². The molecule has 0 bridgehead atoms. The molecule has 2 N–H and O–H groups in total. The molecule has 1 rings (SSSR count).